The Hall–Kier alpha value is -3.40. The highest BCUT2D eigenvalue weighted by atomic mass is 32.2. The van der Waals surface area contributed by atoms with Crippen LogP contribution < -0.4 is 9.46 Å². The molecule has 192 valence electrons. The number of aromatic nitrogens is 4. The summed E-state index contributed by atoms with van der Waals surface area (Å²) in [6.45, 7) is 7.38. The third-order valence-electron chi connectivity index (χ3n) is 6.72. The number of piperazine rings is 1. The lowest BCUT2D eigenvalue weighted by Gasteiger charge is -2.38. The molecule has 1 unspecified atom stereocenters. The maximum Gasteiger partial charge on any atom is 0.237 e. The van der Waals surface area contributed by atoms with Gasteiger partial charge in [-0.2, -0.15) is 10.1 Å². The second-order valence-corrected chi connectivity index (χ2v) is 10.5. The third kappa shape index (κ3) is 5.95. The van der Waals surface area contributed by atoms with Crippen LogP contribution in [0.4, 0.5) is 5.95 Å². The van der Waals surface area contributed by atoms with Crippen LogP contribution in [-0.4, -0.2) is 63.3 Å². The van der Waals surface area contributed by atoms with Crippen LogP contribution in [0.2, 0.25) is 0 Å². The van der Waals surface area contributed by atoms with Crippen molar-refractivity contribution in [3.63, 3.8) is 0 Å². The zero-order valence-electron chi connectivity index (χ0n) is 22.0. The summed E-state index contributed by atoms with van der Waals surface area (Å²) in [5, 5.41) is 4.22. The molecule has 1 saturated heterocycles. The van der Waals surface area contributed by atoms with E-state index in [9.17, 15) is 0 Å². The molecule has 1 fully saturated rings. The largest absolute Gasteiger partial charge is 0.439 e. The van der Waals surface area contributed by atoms with Crippen LogP contribution in [0.25, 0.3) is 11.3 Å². The highest BCUT2D eigenvalue weighted by Crippen LogP contribution is 2.32. The van der Waals surface area contributed by atoms with E-state index in [1.54, 1.807) is 10.9 Å². The van der Waals surface area contributed by atoms with E-state index in [0.717, 1.165) is 52.7 Å². The Balaban J connectivity index is 1.42. The molecule has 37 heavy (non-hydrogen) atoms. The number of nitrogens with zero attached hydrogens (tertiary/aromatic N) is 6. The Labute approximate surface area is 222 Å². The number of rotatable bonds is 7. The third-order valence-corrected chi connectivity index (χ3v) is 7.45. The Morgan fingerprint density at radius 2 is 1.73 bits per heavy atom. The van der Waals surface area contributed by atoms with E-state index < -0.39 is 0 Å². The van der Waals surface area contributed by atoms with Gasteiger partial charge < -0.3 is 9.64 Å². The smallest absolute Gasteiger partial charge is 0.237 e. The lowest BCUT2D eigenvalue weighted by Crippen LogP contribution is -2.44. The van der Waals surface area contributed by atoms with Gasteiger partial charge in [0.25, 0.3) is 0 Å². The van der Waals surface area contributed by atoms with Crippen LogP contribution in [0.1, 0.15) is 22.7 Å². The van der Waals surface area contributed by atoms with Crippen molar-refractivity contribution in [2.24, 2.45) is 7.05 Å². The lowest BCUT2D eigenvalue weighted by molar-refractivity contribution is 0.115. The van der Waals surface area contributed by atoms with E-state index in [2.05, 4.69) is 82.9 Å². The number of aryl methyl sites for hydroxylation is 3. The normalized spacial score (nSPS) is 16.6. The SMILES string of the molecule is Cc1cccc(C)c1-c1cc(Oc2ccc(C3CN(C)CCN3C)cc2)nc(NSc2cnn(C)c2)n1. The fourth-order valence-corrected chi connectivity index (χ4v) is 5.28. The van der Waals surface area contributed by atoms with Gasteiger partial charge in [-0.3, -0.25) is 14.3 Å². The second-order valence-electron chi connectivity index (χ2n) is 9.67. The molecule has 0 spiro atoms. The Morgan fingerprint density at radius 3 is 2.43 bits per heavy atom. The Morgan fingerprint density at radius 1 is 0.973 bits per heavy atom. The van der Waals surface area contributed by atoms with Crippen molar-refractivity contribution >= 4 is 17.9 Å². The predicted octanol–water partition coefficient (Wildman–Crippen LogP) is 5.32. The molecule has 0 radical (unpaired) electrons. The van der Waals surface area contributed by atoms with Gasteiger partial charge in [-0.05, 0) is 68.7 Å². The van der Waals surface area contributed by atoms with Crippen LogP contribution in [0.3, 0.4) is 0 Å². The molecule has 2 aromatic heterocycles. The molecule has 0 saturated carbocycles. The molecular weight excluding hydrogens is 482 g/mol. The molecule has 3 heterocycles. The zero-order chi connectivity index (χ0) is 25.9. The van der Waals surface area contributed by atoms with Crippen LogP contribution in [-0.2, 0) is 7.05 Å². The van der Waals surface area contributed by atoms with Gasteiger partial charge in [-0.1, -0.05) is 30.3 Å². The summed E-state index contributed by atoms with van der Waals surface area (Å²) in [6.07, 6.45) is 3.74. The van der Waals surface area contributed by atoms with Crippen molar-refractivity contribution in [3.8, 4) is 22.9 Å². The lowest BCUT2D eigenvalue weighted by atomic mass is 10.00. The van der Waals surface area contributed by atoms with Crippen LogP contribution in [0, 0.1) is 13.8 Å². The van der Waals surface area contributed by atoms with Crippen molar-refractivity contribution in [1.82, 2.24) is 29.5 Å². The van der Waals surface area contributed by atoms with Crippen LogP contribution in [0.15, 0.2) is 65.8 Å². The van der Waals surface area contributed by atoms with Gasteiger partial charge in [-0.25, -0.2) is 4.98 Å². The van der Waals surface area contributed by atoms with E-state index in [0.29, 0.717) is 17.9 Å². The van der Waals surface area contributed by atoms with Crippen molar-refractivity contribution in [2.45, 2.75) is 24.8 Å². The fourth-order valence-electron chi connectivity index (χ4n) is 4.67. The average Bonchev–Trinajstić information content (AvgIpc) is 3.30. The van der Waals surface area contributed by atoms with Crippen LogP contribution in [0.5, 0.6) is 11.6 Å². The molecule has 0 bridgehead atoms. The van der Waals surface area contributed by atoms with E-state index in [-0.39, 0.29) is 0 Å². The van der Waals surface area contributed by atoms with Crippen molar-refractivity contribution < 1.29 is 4.74 Å². The van der Waals surface area contributed by atoms with Gasteiger partial charge in [0.15, 0.2) is 0 Å². The van der Waals surface area contributed by atoms with Crippen molar-refractivity contribution in [1.29, 1.82) is 0 Å². The van der Waals surface area contributed by atoms with Gasteiger partial charge in [0.2, 0.25) is 11.8 Å². The number of benzene rings is 2. The molecule has 1 aliphatic heterocycles. The number of nitrogens with one attached hydrogen (secondary N) is 1. The maximum absolute atomic E-state index is 6.27. The van der Waals surface area contributed by atoms with Gasteiger partial charge in [0, 0.05) is 50.6 Å². The van der Waals surface area contributed by atoms with E-state index in [1.807, 2.05) is 31.4 Å². The molecule has 0 amide bonds. The maximum atomic E-state index is 6.27. The minimum absolute atomic E-state index is 0.378. The molecule has 1 aliphatic rings. The first-order chi connectivity index (χ1) is 17.9. The molecule has 8 nitrogen and oxygen atoms in total. The first-order valence-electron chi connectivity index (χ1n) is 12.4. The quantitative estimate of drug-likeness (QED) is 0.332. The number of likely N-dealkylation sites (N-methyl/N-ethyl adjacent to an activating group) is 2. The summed E-state index contributed by atoms with van der Waals surface area (Å²) in [4.78, 5) is 15.2. The molecule has 5 rings (SSSR count). The number of anilines is 1. The summed E-state index contributed by atoms with van der Waals surface area (Å²) in [7, 11) is 6.26. The minimum atomic E-state index is 0.378. The molecule has 1 N–H and O–H groups in total. The molecule has 9 heteroatoms. The molecule has 1 atom stereocenters. The molecule has 2 aromatic carbocycles. The summed E-state index contributed by atoms with van der Waals surface area (Å²) in [5.74, 6) is 1.71. The van der Waals surface area contributed by atoms with E-state index >= 15 is 0 Å². The monoisotopic (exact) mass is 515 g/mol. The Bertz CT molecular complexity index is 1350. The average molecular weight is 516 g/mol. The van der Waals surface area contributed by atoms with Gasteiger partial charge in [0.1, 0.15) is 5.75 Å². The number of hydrogen-bond donors (Lipinski definition) is 1. The fraction of sp³-hybridized carbons (Fsp3) is 0.321. The summed E-state index contributed by atoms with van der Waals surface area (Å²) >= 11 is 1.42. The number of hydrogen-bond acceptors (Lipinski definition) is 8. The Kier molecular flexibility index (Phi) is 7.45. The minimum Gasteiger partial charge on any atom is -0.439 e. The van der Waals surface area contributed by atoms with Gasteiger partial charge >= 0.3 is 0 Å². The van der Waals surface area contributed by atoms with Crippen LogP contribution >= 0.6 is 11.9 Å². The van der Waals surface area contributed by atoms with Gasteiger partial charge in [-0.15, -0.1) is 0 Å². The van der Waals surface area contributed by atoms with Crippen molar-refractivity contribution in [3.05, 3.63) is 77.6 Å². The predicted molar refractivity (Wildman–Crippen MR) is 149 cm³/mol. The first kappa shape index (κ1) is 25.3. The number of ether oxygens (including phenoxy) is 1. The molecular formula is C28H33N7OS. The second kappa shape index (κ2) is 10.9. The van der Waals surface area contributed by atoms with Crippen molar-refractivity contribution in [2.75, 3.05) is 38.5 Å². The summed E-state index contributed by atoms with van der Waals surface area (Å²) in [6, 6.07) is 16.9. The van der Waals surface area contributed by atoms with Gasteiger partial charge in [0.05, 0.1) is 16.8 Å². The molecule has 0 aliphatic carbocycles. The highest BCUT2D eigenvalue weighted by molar-refractivity contribution is 8.00. The van der Waals surface area contributed by atoms with E-state index in [4.69, 9.17) is 9.72 Å². The topological polar surface area (TPSA) is 71.3 Å². The zero-order valence-corrected chi connectivity index (χ0v) is 22.8. The van der Waals surface area contributed by atoms with E-state index in [1.165, 1.54) is 17.5 Å². The first-order valence-corrected chi connectivity index (χ1v) is 13.2. The standard InChI is InChI=1S/C28H33N7OS/c1-19-7-6-8-20(2)27(19)24-15-26(31-28(30-24)32-37-23-16-29-35(5)17-23)36-22-11-9-21(10-12-22)25-18-33(3)13-14-34(25)4/h6-12,15-17,25H,13-14,18H2,1-5H3,(H,30,31,32). The summed E-state index contributed by atoms with van der Waals surface area (Å²) < 4.78 is 11.3. The highest BCUT2D eigenvalue weighted by Gasteiger charge is 2.23. The summed E-state index contributed by atoms with van der Waals surface area (Å²) in [5.41, 5.74) is 5.50. The molecule has 4 aromatic rings.